The van der Waals surface area contributed by atoms with Crippen molar-refractivity contribution in [3.8, 4) is 5.75 Å². The molecule has 0 radical (unpaired) electrons. The van der Waals surface area contributed by atoms with Gasteiger partial charge >= 0.3 is 0 Å². The molecule has 3 unspecified atom stereocenters. The van der Waals surface area contributed by atoms with Gasteiger partial charge < -0.3 is 15.4 Å². The van der Waals surface area contributed by atoms with Crippen LogP contribution in [0, 0.1) is 5.92 Å². The van der Waals surface area contributed by atoms with E-state index in [-0.39, 0.29) is 23.9 Å². The molecule has 0 spiro atoms. The molecular weight excluding hydrogens is 252 g/mol. The van der Waals surface area contributed by atoms with Crippen LogP contribution < -0.4 is 10.5 Å². The van der Waals surface area contributed by atoms with Gasteiger partial charge in [0.1, 0.15) is 5.75 Å². The largest absolute Gasteiger partial charge is 0.496 e. The maximum atomic E-state index is 12.5. The molecule has 108 valence electrons. The van der Waals surface area contributed by atoms with E-state index in [0.29, 0.717) is 6.42 Å². The molecule has 0 saturated carbocycles. The Hall–Kier alpha value is -1.81. The van der Waals surface area contributed by atoms with E-state index >= 15 is 0 Å². The highest BCUT2D eigenvalue weighted by molar-refractivity contribution is 5.81. The third-order valence-electron chi connectivity index (χ3n) is 3.95. The molecule has 3 atom stereocenters. The van der Waals surface area contributed by atoms with Gasteiger partial charge in [0, 0.05) is 18.7 Å². The van der Waals surface area contributed by atoms with Crippen LogP contribution in [-0.4, -0.2) is 31.0 Å². The molecular formula is C16H22N2O2. The average molecular weight is 274 g/mol. The number of amides is 1. The minimum atomic E-state index is -0.104. The Morgan fingerprint density at radius 2 is 2.10 bits per heavy atom. The quantitative estimate of drug-likeness (QED) is 0.856. The van der Waals surface area contributed by atoms with Gasteiger partial charge in [0.25, 0.3) is 0 Å². The van der Waals surface area contributed by atoms with Crippen molar-refractivity contribution in [2.24, 2.45) is 11.7 Å². The van der Waals surface area contributed by atoms with Crippen molar-refractivity contribution in [1.29, 1.82) is 0 Å². The zero-order valence-corrected chi connectivity index (χ0v) is 12.2. The third kappa shape index (κ3) is 2.85. The number of benzene rings is 1. The summed E-state index contributed by atoms with van der Waals surface area (Å²) in [6.45, 7) is 2.01. The van der Waals surface area contributed by atoms with Gasteiger partial charge in [-0.1, -0.05) is 30.4 Å². The fourth-order valence-electron chi connectivity index (χ4n) is 2.58. The zero-order chi connectivity index (χ0) is 14.7. The summed E-state index contributed by atoms with van der Waals surface area (Å²) in [5, 5.41) is 0. The normalized spacial score (nSPS) is 22.6. The first-order chi connectivity index (χ1) is 9.54. The predicted molar refractivity (Wildman–Crippen MR) is 79.4 cm³/mol. The lowest BCUT2D eigenvalue weighted by Crippen LogP contribution is -2.35. The van der Waals surface area contributed by atoms with Crippen molar-refractivity contribution < 1.29 is 9.53 Å². The molecule has 1 aromatic rings. The smallest absolute Gasteiger partial charge is 0.229 e. The Kier molecular flexibility index (Phi) is 4.45. The van der Waals surface area contributed by atoms with Gasteiger partial charge in [-0.3, -0.25) is 4.79 Å². The summed E-state index contributed by atoms with van der Waals surface area (Å²) in [6, 6.07) is 7.75. The van der Waals surface area contributed by atoms with Crippen molar-refractivity contribution in [3.63, 3.8) is 0 Å². The number of carbonyl (C=O) groups excluding carboxylic acids is 1. The average Bonchev–Trinajstić information content (AvgIpc) is 2.91. The first kappa shape index (κ1) is 14.6. The first-order valence-electron chi connectivity index (χ1n) is 6.88. The summed E-state index contributed by atoms with van der Waals surface area (Å²) >= 11 is 0. The maximum absolute atomic E-state index is 12.5. The van der Waals surface area contributed by atoms with E-state index in [0.717, 1.165) is 11.3 Å². The van der Waals surface area contributed by atoms with Crippen molar-refractivity contribution in [2.75, 3.05) is 14.2 Å². The van der Waals surface area contributed by atoms with E-state index in [9.17, 15) is 4.79 Å². The van der Waals surface area contributed by atoms with Crippen LogP contribution in [0.15, 0.2) is 36.4 Å². The highest BCUT2D eigenvalue weighted by Crippen LogP contribution is 2.30. The minimum absolute atomic E-state index is 0.00100. The number of para-hydroxylation sites is 1. The number of nitrogens with two attached hydrogens (primary N) is 1. The molecule has 2 rings (SSSR count). The van der Waals surface area contributed by atoms with Crippen LogP contribution in [0.4, 0.5) is 0 Å². The second-order valence-electron chi connectivity index (χ2n) is 5.26. The SMILES string of the molecule is COc1ccccc1C(C)N(C)C(=O)C1C=CC(N)C1. The van der Waals surface area contributed by atoms with E-state index < -0.39 is 0 Å². The summed E-state index contributed by atoms with van der Waals surface area (Å²) in [5.74, 6) is 0.804. The van der Waals surface area contributed by atoms with E-state index in [2.05, 4.69) is 0 Å². The first-order valence-corrected chi connectivity index (χ1v) is 6.88. The molecule has 20 heavy (non-hydrogen) atoms. The fourth-order valence-corrected chi connectivity index (χ4v) is 2.58. The fraction of sp³-hybridized carbons (Fsp3) is 0.438. The van der Waals surface area contributed by atoms with Gasteiger partial charge in [-0.25, -0.2) is 0 Å². The lowest BCUT2D eigenvalue weighted by Gasteiger charge is -2.28. The van der Waals surface area contributed by atoms with Crippen molar-refractivity contribution >= 4 is 5.91 Å². The number of ether oxygens (including phenoxy) is 1. The van der Waals surface area contributed by atoms with Gasteiger partial charge in [-0.2, -0.15) is 0 Å². The number of rotatable bonds is 4. The molecule has 2 N–H and O–H groups in total. The van der Waals surface area contributed by atoms with E-state index in [1.807, 2.05) is 50.4 Å². The highest BCUT2D eigenvalue weighted by Gasteiger charge is 2.28. The van der Waals surface area contributed by atoms with Crippen LogP contribution in [-0.2, 0) is 4.79 Å². The van der Waals surface area contributed by atoms with Crippen LogP contribution in [0.5, 0.6) is 5.75 Å². The molecule has 4 heteroatoms. The molecule has 1 aliphatic rings. The third-order valence-corrected chi connectivity index (χ3v) is 3.95. The molecule has 1 amide bonds. The lowest BCUT2D eigenvalue weighted by molar-refractivity contribution is -0.134. The minimum Gasteiger partial charge on any atom is -0.496 e. The number of carbonyl (C=O) groups is 1. The van der Waals surface area contributed by atoms with Gasteiger partial charge in [0.2, 0.25) is 5.91 Å². The zero-order valence-electron chi connectivity index (χ0n) is 12.2. The highest BCUT2D eigenvalue weighted by atomic mass is 16.5. The summed E-state index contributed by atoms with van der Waals surface area (Å²) in [7, 11) is 3.48. The Balaban J connectivity index is 2.14. The molecule has 0 bridgehead atoms. The predicted octanol–water partition coefficient (Wildman–Crippen LogP) is 2.12. The van der Waals surface area contributed by atoms with Crippen LogP contribution in [0.2, 0.25) is 0 Å². The molecule has 1 aliphatic carbocycles. The van der Waals surface area contributed by atoms with Gasteiger partial charge in [-0.05, 0) is 19.4 Å². The van der Waals surface area contributed by atoms with Gasteiger partial charge in [-0.15, -0.1) is 0 Å². The summed E-state index contributed by atoms with van der Waals surface area (Å²) in [4.78, 5) is 14.3. The molecule has 0 aliphatic heterocycles. The van der Waals surface area contributed by atoms with Crippen molar-refractivity contribution in [3.05, 3.63) is 42.0 Å². The lowest BCUT2D eigenvalue weighted by atomic mass is 10.0. The second-order valence-corrected chi connectivity index (χ2v) is 5.26. The summed E-state index contributed by atoms with van der Waals surface area (Å²) < 4.78 is 5.37. The maximum Gasteiger partial charge on any atom is 0.229 e. The second kappa shape index (κ2) is 6.09. The molecule has 0 saturated heterocycles. The number of methoxy groups -OCH3 is 1. The van der Waals surface area contributed by atoms with Gasteiger partial charge in [0.05, 0.1) is 19.1 Å². The van der Waals surface area contributed by atoms with E-state index in [1.165, 1.54) is 0 Å². The van der Waals surface area contributed by atoms with E-state index in [1.54, 1.807) is 12.0 Å². The van der Waals surface area contributed by atoms with Crippen LogP contribution in [0.25, 0.3) is 0 Å². The molecule has 1 aromatic carbocycles. The molecule has 0 heterocycles. The van der Waals surface area contributed by atoms with E-state index in [4.69, 9.17) is 10.5 Å². The van der Waals surface area contributed by atoms with Crippen molar-refractivity contribution in [2.45, 2.75) is 25.4 Å². The molecule has 4 nitrogen and oxygen atoms in total. The van der Waals surface area contributed by atoms with Crippen LogP contribution >= 0.6 is 0 Å². The Bertz CT molecular complexity index is 513. The Morgan fingerprint density at radius 3 is 2.70 bits per heavy atom. The van der Waals surface area contributed by atoms with Crippen LogP contribution in [0.3, 0.4) is 0 Å². The van der Waals surface area contributed by atoms with Crippen LogP contribution in [0.1, 0.15) is 24.9 Å². The number of hydrogen-bond donors (Lipinski definition) is 1. The standard InChI is InChI=1S/C16H22N2O2/c1-11(14-6-4-5-7-15(14)20-3)18(2)16(19)12-8-9-13(17)10-12/h4-9,11-13H,10,17H2,1-3H3. The summed E-state index contributed by atoms with van der Waals surface area (Å²) in [6.07, 6.45) is 4.52. The summed E-state index contributed by atoms with van der Waals surface area (Å²) in [5.41, 5.74) is 6.83. The van der Waals surface area contributed by atoms with Gasteiger partial charge in [0.15, 0.2) is 0 Å². The number of hydrogen-bond acceptors (Lipinski definition) is 3. The molecule has 0 aromatic heterocycles. The topological polar surface area (TPSA) is 55.6 Å². The monoisotopic (exact) mass is 274 g/mol. The Labute approximate surface area is 120 Å². The number of nitrogens with zero attached hydrogens (tertiary/aromatic N) is 1. The van der Waals surface area contributed by atoms with Crippen molar-refractivity contribution in [1.82, 2.24) is 4.90 Å². The Morgan fingerprint density at radius 1 is 1.40 bits per heavy atom. The molecule has 0 fully saturated rings.